The van der Waals surface area contributed by atoms with E-state index in [0.717, 1.165) is 13.1 Å². The second-order valence-corrected chi connectivity index (χ2v) is 5.65. The van der Waals surface area contributed by atoms with Crippen LogP contribution in [0, 0.1) is 5.41 Å². The highest BCUT2D eigenvalue weighted by atomic mass is 15.1. The van der Waals surface area contributed by atoms with Gasteiger partial charge in [-0.05, 0) is 49.9 Å². The highest BCUT2D eigenvalue weighted by molar-refractivity contribution is 5.14. The van der Waals surface area contributed by atoms with E-state index in [1.54, 1.807) is 0 Å². The zero-order chi connectivity index (χ0) is 12.8. The van der Waals surface area contributed by atoms with Gasteiger partial charge in [-0.1, -0.05) is 43.7 Å². The van der Waals surface area contributed by atoms with Crippen LogP contribution in [0.5, 0.6) is 0 Å². The average Bonchev–Trinajstić information content (AvgIpc) is 2.43. The van der Waals surface area contributed by atoms with Gasteiger partial charge in [-0.15, -0.1) is 0 Å². The lowest BCUT2D eigenvalue weighted by Crippen LogP contribution is -2.40. The van der Waals surface area contributed by atoms with Gasteiger partial charge in [0.2, 0.25) is 0 Å². The molecule has 0 saturated carbocycles. The topological polar surface area (TPSA) is 29.3 Å². The maximum absolute atomic E-state index is 5.76. The average molecular weight is 246 g/mol. The SMILES string of the molecule is CCC1(CCN)CCN(Cc2ccccc2)CC1. The Morgan fingerprint density at radius 2 is 1.83 bits per heavy atom. The van der Waals surface area contributed by atoms with Crippen molar-refractivity contribution < 1.29 is 0 Å². The van der Waals surface area contributed by atoms with Crippen molar-refractivity contribution >= 4 is 0 Å². The Hall–Kier alpha value is -0.860. The van der Waals surface area contributed by atoms with Crippen molar-refractivity contribution in [1.29, 1.82) is 0 Å². The second kappa shape index (κ2) is 6.35. The molecule has 1 aromatic rings. The van der Waals surface area contributed by atoms with Gasteiger partial charge in [-0.25, -0.2) is 0 Å². The predicted molar refractivity (Wildman–Crippen MR) is 77.3 cm³/mol. The summed E-state index contributed by atoms with van der Waals surface area (Å²) in [6, 6.07) is 10.8. The molecule has 18 heavy (non-hydrogen) atoms. The van der Waals surface area contributed by atoms with Crippen LogP contribution in [-0.2, 0) is 6.54 Å². The van der Waals surface area contributed by atoms with E-state index in [-0.39, 0.29) is 0 Å². The maximum Gasteiger partial charge on any atom is 0.0233 e. The molecule has 100 valence electrons. The number of likely N-dealkylation sites (tertiary alicyclic amines) is 1. The molecule has 2 rings (SSSR count). The Labute approximate surface area is 111 Å². The van der Waals surface area contributed by atoms with Crippen molar-refractivity contribution in [3.8, 4) is 0 Å². The summed E-state index contributed by atoms with van der Waals surface area (Å²) in [6.45, 7) is 6.71. The number of rotatable bonds is 5. The summed E-state index contributed by atoms with van der Waals surface area (Å²) in [6.07, 6.45) is 5.10. The zero-order valence-electron chi connectivity index (χ0n) is 11.6. The van der Waals surface area contributed by atoms with Crippen LogP contribution in [0.15, 0.2) is 30.3 Å². The highest BCUT2D eigenvalue weighted by Crippen LogP contribution is 2.37. The van der Waals surface area contributed by atoms with Crippen LogP contribution in [-0.4, -0.2) is 24.5 Å². The molecule has 2 nitrogen and oxygen atoms in total. The van der Waals surface area contributed by atoms with E-state index < -0.39 is 0 Å². The first kappa shape index (κ1) is 13.6. The van der Waals surface area contributed by atoms with Crippen LogP contribution in [0.4, 0.5) is 0 Å². The Morgan fingerprint density at radius 1 is 1.17 bits per heavy atom. The van der Waals surface area contributed by atoms with E-state index in [1.807, 2.05) is 0 Å². The second-order valence-electron chi connectivity index (χ2n) is 5.65. The van der Waals surface area contributed by atoms with Gasteiger partial charge >= 0.3 is 0 Å². The zero-order valence-corrected chi connectivity index (χ0v) is 11.6. The van der Waals surface area contributed by atoms with Gasteiger partial charge in [-0.2, -0.15) is 0 Å². The Morgan fingerprint density at radius 3 is 2.39 bits per heavy atom. The largest absolute Gasteiger partial charge is 0.330 e. The fourth-order valence-electron chi connectivity index (χ4n) is 3.11. The highest BCUT2D eigenvalue weighted by Gasteiger charge is 2.31. The Bertz CT molecular complexity index is 339. The molecule has 0 unspecified atom stereocenters. The summed E-state index contributed by atoms with van der Waals surface area (Å²) in [5.41, 5.74) is 7.73. The summed E-state index contributed by atoms with van der Waals surface area (Å²) >= 11 is 0. The van der Waals surface area contributed by atoms with Crippen molar-refractivity contribution in [2.24, 2.45) is 11.1 Å². The van der Waals surface area contributed by atoms with E-state index in [4.69, 9.17) is 5.73 Å². The number of hydrogen-bond acceptors (Lipinski definition) is 2. The van der Waals surface area contributed by atoms with Crippen LogP contribution in [0.3, 0.4) is 0 Å². The summed E-state index contributed by atoms with van der Waals surface area (Å²) in [4.78, 5) is 2.58. The molecule has 1 aliphatic rings. The van der Waals surface area contributed by atoms with E-state index >= 15 is 0 Å². The fraction of sp³-hybridized carbons (Fsp3) is 0.625. The molecule has 0 bridgehead atoms. The van der Waals surface area contributed by atoms with Crippen LogP contribution in [0.2, 0.25) is 0 Å². The van der Waals surface area contributed by atoms with Gasteiger partial charge in [0.15, 0.2) is 0 Å². The molecule has 1 aromatic carbocycles. The minimum absolute atomic E-state index is 0.530. The summed E-state index contributed by atoms with van der Waals surface area (Å²) in [7, 11) is 0. The monoisotopic (exact) mass is 246 g/mol. The van der Waals surface area contributed by atoms with Crippen molar-refractivity contribution in [3.63, 3.8) is 0 Å². The van der Waals surface area contributed by atoms with Gasteiger partial charge in [0.1, 0.15) is 0 Å². The number of benzene rings is 1. The van der Waals surface area contributed by atoms with Crippen molar-refractivity contribution in [3.05, 3.63) is 35.9 Å². The van der Waals surface area contributed by atoms with Crippen molar-refractivity contribution in [2.45, 2.75) is 39.2 Å². The number of piperidine rings is 1. The molecule has 0 aromatic heterocycles. The summed E-state index contributed by atoms with van der Waals surface area (Å²) in [5, 5.41) is 0. The molecule has 1 fully saturated rings. The molecular weight excluding hydrogens is 220 g/mol. The van der Waals surface area contributed by atoms with Crippen molar-refractivity contribution in [2.75, 3.05) is 19.6 Å². The van der Waals surface area contributed by atoms with E-state index in [9.17, 15) is 0 Å². The molecule has 0 atom stereocenters. The third kappa shape index (κ3) is 3.33. The number of hydrogen-bond donors (Lipinski definition) is 1. The number of nitrogens with zero attached hydrogens (tertiary/aromatic N) is 1. The molecule has 0 spiro atoms. The summed E-state index contributed by atoms with van der Waals surface area (Å²) in [5.74, 6) is 0. The van der Waals surface area contributed by atoms with Gasteiger partial charge in [0.05, 0.1) is 0 Å². The van der Waals surface area contributed by atoms with E-state index in [2.05, 4.69) is 42.2 Å². The van der Waals surface area contributed by atoms with Gasteiger partial charge in [-0.3, -0.25) is 4.90 Å². The Kier molecular flexibility index (Phi) is 4.79. The lowest BCUT2D eigenvalue weighted by molar-refractivity contribution is 0.0886. The van der Waals surface area contributed by atoms with Gasteiger partial charge < -0.3 is 5.73 Å². The lowest BCUT2D eigenvalue weighted by atomic mass is 9.73. The molecule has 2 N–H and O–H groups in total. The minimum atomic E-state index is 0.530. The molecule has 2 heteroatoms. The maximum atomic E-state index is 5.76. The van der Waals surface area contributed by atoms with Crippen molar-refractivity contribution in [1.82, 2.24) is 4.90 Å². The first-order chi connectivity index (χ1) is 8.78. The number of nitrogens with two attached hydrogens (primary N) is 1. The molecular formula is C16H26N2. The van der Waals surface area contributed by atoms with E-state index in [0.29, 0.717) is 5.41 Å². The smallest absolute Gasteiger partial charge is 0.0233 e. The normalized spacial score (nSPS) is 19.9. The standard InChI is InChI=1S/C16H26N2/c1-2-16(8-11-17)9-12-18(13-10-16)14-15-6-4-3-5-7-15/h3-7H,2,8-14,17H2,1H3. The molecule has 1 heterocycles. The van der Waals surface area contributed by atoms with Crippen LogP contribution >= 0.6 is 0 Å². The van der Waals surface area contributed by atoms with Crippen LogP contribution in [0.25, 0.3) is 0 Å². The molecule has 1 aliphatic heterocycles. The summed E-state index contributed by atoms with van der Waals surface area (Å²) < 4.78 is 0. The first-order valence-corrected chi connectivity index (χ1v) is 7.24. The fourth-order valence-corrected chi connectivity index (χ4v) is 3.11. The third-order valence-electron chi connectivity index (χ3n) is 4.59. The Balaban J connectivity index is 1.86. The predicted octanol–water partition coefficient (Wildman–Crippen LogP) is 3.03. The minimum Gasteiger partial charge on any atom is -0.330 e. The molecule has 0 amide bonds. The van der Waals surface area contributed by atoms with Gasteiger partial charge in [0.25, 0.3) is 0 Å². The van der Waals surface area contributed by atoms with Crippen LogP contribution < -0.4 is 5.73 Å². The molecule has 0 radical (unpaired) electrons. The molecule has 1 saturated heterocycles. The van der Waals surface area contributed by atoms with E-state index in [1.165, 1.54) is 44.3 Å². The van der Waals surface area contributed by atoms with Crippen LogP contribution in [0.1, 0.15) is 38.2 Å². The lowest BCUT2D eigenvalue weighted by Gasteiger charge is -2.41. The third-order valence-corrected chi connectivity index (χ3v) is 4.59. The quantitative estimate of drug-likeness (QED) is 0.865. The first-order valence-electron chi connectivity index (χ1n) is 7.24. The van der Waals surface area contributed by atoms with Gasteiger partial charge in [0, 0.05) is 6.54 Å². The molecule has 0 aliphatic carbocycles.